The maximum Gasteiger partial charge on any atom is 0.179 e. The Bertz CT molecular complexity index is 1450. The lowest BCUT2D eigenvalue weighted by Crippen LogP contribution is -2.64. The molecular formula is C39H38OSi2. The number of benzene rings is 4. The van der Waals surface area contributed by atoms with Crippen molar-refractivity contribution >= 4 is 42.7 Å². The molecule has 0 aromatic heterocycles. The van der Waals surface area contributed by atoms with E-state index >= 15 is 4.79 Å². The lowest BCUT2D eigenvalue weighted by atomic mass is 9.92. The largest absolute Gasteiger partial charge is 0.290 e. The molecule has 1 fully saturated rings. The smallest absolute Gasteiger partial charge is 0.179 e. The molecule has 0 N–H and O–H groups in total. The molecule has 0 radical (unpaired) electrons. The molecule has 0 unspecified atom stereocenters. The van der Waals surface area contributed by atoms with Crippen LogP contribution in [-0.2, 0) is 4.79 Å². The van der Waals surface area contributed by atoms with Gasteiger partial charge in [-0.05, 0) is 69.7 Å². The highest BCUT2D eigenvalue weighted by molar-refractivity contribution is 7.15. The highest BCUT2D eigenvalue weighted by atomic mass is 28.3. The maximum atomic E-state index is 15.7. The van der Waals surface area contributed by atoms with Crippen molar-refractivity contribution in [2.45, 2.75) is 37.8 Å². The Kier molecular flexibility index (Phi) is 8.05. The van der Waals surface area contributed by atoms with Crippen LogP contribution in [-0.4, -0.2) is 21.9 Å². The number of hydrogen-bond acceptors (Lipinski definition) is 1. The summed E-state index contributed by atoms with van der Waals surface area (Å²) in [5, 5.41) is 7.36. The molecule has 6 rings (SSSR count). The first kappa shape index (κ1) is 28.1. The summed E-state index contributed by atoms with van der Waals surface area (Å²) in [5.41, 5.74) is 2.69. The number of fused-ring (bicyclic) bond motifs is 1. The molecule has 1 saturated carbocycles. The lowest BCUT2D eigenvalue weighted by molar-refractivity contribution is -0.111. The molecule has 2 aliphatic rings. The molecule has 0 atom stereocenters. The molecule has 0 saturated heterocycles. The molecule has 4 aromatic carbocycles. The van der Waals surface area contributed by atoms with E-state index in [9.17, 15) is 0 Å². The van der Waals surface area contributed by atoms with Gasteiger partial charge in [0.25, 0.3) is 0 Å². The van der Waals surface area contributed by atoms with Crippen LogP contribution in [0.1, 0.15) is 25.7 Å². The first-order valence-electron chi connectivity index (χ1n) is 15.1. The van der Waals surface area contributed by atoms with Crippen molar-refractivity contribution in [2.75, 3.05) is 0 Å². The zero-order valence-corrected chi connectivity index (χ0v) is 26.3. The predicted molar refractivity (Wildman–Crippen MR) is 183 cm³/mol. The van der Waals surface area contributed by atoms with E-state index in [4.69, 9.17) is 0 Å². The van der Waals surface area contributed by atoms with Crippen LogP contribution in [0.15, 0.2) is 168 Å². The number of carbonyl (C=O) groups is 1. The van der Waals surface area contributed by atoms with Crippen LogP contribution >= 0.6 is 0 Å². The lowest BCUT2D eigenvalue weighted by Gasteiger charge is -2.37. The summed E-state index contributed by atoms with van der Waals surface area (Å²) in [6.45, 7) is 8.54. The molecule has 1 nitrogen and oxygen atoms in total. The quantitative estimate of drug-likeness (QED) is 0.151. The molecule has 0 aliphatic heterocycles. The van der Waals surface area contributed by atoms with Crippen LogP contribution in [0.4, 0.5) is 0 Å². The van der Waals surface area contributed by atoms with Crippen molar-refractivity contribution in [2.24, 2.45) is 0 Å². The van der Waals surface area contributed by atoms with Crippen molar-refractivity contribution in [3.63, 3.8) is 0 Å². The number of allylic oxidation sites excluding steroid dienone is 6. The molecule has 0 spiro atoms. The average Bonchev–Trinajstić information content (AvgIpc) is 3.36. The van der Waals surface area contributed by atoms with Gasteiger partial charge in [0.2, 0.25) is 0 Å². The Morgan fingerprint density at radius 3 is 1.05 bits per heavy atom. The van der Waals surface area contributed by atoms with Gasteiger partial charge in [-0.1, -0.05) is 133 Å². The third-order valence-corrected chi connectivity index (χ3v) is 19.2. The second kappa shape index (κ2) is 12.0. The molecule has 42 heavy (non-hydrogen) atoms. The second-order valence-electron chi connectivity index (χ2n) is 11.5. The van der Waals surface area contributed by atoms with Gasteiger partial charge in [0.05, 0.1) is 0 Å². The fraction of sp³-hybridized carbons (Fsp3) is 0.154. The van der Waals surface area contributed by atoms with Gasteiger partial charge in [-0.15, -0.1) is 13.2 Å². The van der Waals surface area contributed by atoms with Gasteiger partial charge >= 0.3 is 0 Å². The van der Waals surface area contributed by atoms with Crippen molar-refractivity contribution < 1.29 is 4.79 Å². The number of Topliss-reactive ketones (excluding diaryl/α,β-unsaturated/α-hetero) is 1. The van der Waals surface area contributed by atoms with Crippen molar-refractivity contribution in [1.29, 1.82) is 0 Å². The summed E-state index contributed by atoms with van der Waals surface area (Å²) >= 11 is 0. The first-order chi connectivity index (χ1) is 20.7. The molecular weight excluding hydrogens is 541 g/mol. The minimum Gasteiger partial charge on any atom is -0.290 e. The standard InChI is InChI=1S/C39H38OSi2/c1-3-29-41(31-19-9-5-10-20-31,32-21-11-6-12-22-32)38-35-27-17-18-28-36(35)39(37(38)40)42(30-4-2,33-23-13-7-14-24-33)34-25-15-8-16-26-34/h3-16,19-26H,1-2,17-18,27-30H2. The molecule has 208 valence electrons. The maximum absolute atomic E-state index is 15.7. The minimum absolute atomic E-state index is 0.296. The Morgan fingerprint density at radius 2 is 0.786 bits per heavy atom. The highest BCUT2D eigenvalue weighted by Crippen LogP contribution is 2.47. The topological polar surface area (TPSA) is 17.1 Å². The second-order valence-corrected chi connectivity index (χ2v) is 19.3. The van der Waals surface area contributed by atoms with Crippen molar-refractivity contribution in [3.8, 4) is 0 Å². The summed E-state index contributed by atoms with van der Waals surface area (Å²) in [6.07, 6.45) is 8.31. The SMILES string of the molecule is C=CC[Si](C1=C2CCCCC2=C([Si](CC=C)(c2ccccc2)c2ccccc2)C1=O)(c1ccccc1)c1ccccc1. The fourth-order valence-corrected chi connectivity index (χ4v) is 17.5. The van der Waals surface area contributed by atoms with Gasteiger partial charge in [0, 0.05) is 10.4 Å². The molecule has 3 heteroatoms. The Morgan fingerprint density at radius 1 is 0.500 bits per heavy atom. The number of hydrogen-bond donors (Lipinski definition) is 0. The van der Waals surface area contributed by atoms with Crippen LogP contribution in [0, 0.1) is 0 Å². The van der Waals surface area contributed by atoms with E-state index in [0.717, 1.165) is 48.2 Å². The minimum atomic E-state index is -2.76. The zero-order valence-electron chi connectivity index (χ0n) is 24.3. The number of carbonyl (C=O) groups excluding carboxylic acids is 1. The van der Waals surface area contributed by atoms with Gasteiger partial charge < -0.3 is 0 Å². The van der Waals surface area contributed by atoms with Gasteiger partial charge in [0.1, 0.15) is 0 Å². The van der Waals surface area contributed by atoms with Crippen molar-refractivity contribution in [1.82, 2.24) is 0 Å². The van der Waals surface area contributed by atoms with E-state index in [1.54, 1.807) is 0 Å². The first-order valence-corrected chi connectivity index (χ1v) is 19.6. The fourth-order valence-electron chi connectivity index (χ4n) is 7.67. The van der Waals surface area contributed by atoms with E-state index in [2.05, 4.69) is 147 Å². The number of ketones is 1. The molecule has 0 amide bonds. The van der Waals surface area contributed by atoms with Crippen LogP contribution in [0.3, 0.4) is 0 Å². The van der Waals surface area contributed by atoms with Gasteiger partial charge in [0.15, 0.2) is 21.9 Å². The monoisotopic (exact) mass is 578 g/mol. The van der Waals surface area contributed by atoms with Crippen LogP contribution in [0.2, 0.25) is 12.1 Å². The Hall–Kier alpha value is -4.06. The van der Waals surface area contributed by atoms with E-state index in [-0.39, 0.29) is 0 Å². The normalized spacial score (nSPS) is 15.5. The van der Waals surface area contributed by atoms with Gasteiger partial charge in [-0.25, -0.2) is 0 Å². The van der Waals surface area contributed by atoms with Crippen LogP contribution < -0.4 is 20.7 Å². The molecule has 2 aliphatic carbocycles. The van der Waals surface area contributed by atoms with Crippen molar-refractivity contribution in [3.05, 3.63) is 168 Å². The van der Waals surface area contributed by atoms with E-state index in [1.165, 1.54) is 31.9 Å². The summed E-state index contributed by atoms with van der Waals surface area (Å²) in [6, 6.07) is 45.0. The Labute approximate surface area is 252 Å². The highest BCUT2D eigenvalue weighted by Gasteiger charge is 2.54. The summed E-state index contributed by atoms with van der Waals surface area (Å²) in [7, 11) is -5.53. The van der Waals surface area contributed by atoms with Crippen LogP contribution in [0.25, 0.3) is 0 Å². The zero-order chi connectivity index (χ0) is 29.0. The predicted octanol–water partition coefficient (Wildman–Crippen LogP) is 6.71. The van der Waals surface area contributed by atoms with Crippen LogP contribution in [0.5, 0.6) is 0 Å². The van der Waals surface area contributed by atoms with E-state index < -0.39 is 16.1 Å². The number of rotatable bonds is 10. The summed E-state index contributed by atoms with van der Waals surface area (Å²) < 4.78 is 0. The summed E-state index contributed by atoms with van der Waals surface area (Å²) in [5.74, 6) is 0.296. The summed E-state index contributed by atoms with van der Waals surface area (Å²) in [4.78, 5) is 15.7. The molecule has 0 bridgehead atoms. The average molecular weight is 579 g/mol. The van der Waals surface area contributed by atoms with E-state index in [1.807, 2.05) is 0 Å². The molecule has 0 heterocycles. The van der Waals surface area contributed by atoms with Gasteiger partial charge in [-0.2, -0.15) is 0 Å². The molecule has 4 aromatic rings. The third kappa shape index (κ3) is 4.48. The van der Waals surface area contributed by atoms with Gasteiger partial charge in [-0.3, -0.25) is 4.79 Å². The third-order valence-electron chi connectivity index (χ3n) is 9.35. The Balaban J connectivity index is 1.69. The van der Waals surface area contributed by atoms with E-state index in [0.29, 0.717) is 5.78 Å².